The monoisotopic (exact) mass is 338 g/mol. The summed E-state index contributed by atoms with van der Waals surface area (Å²) in [5.41, 5.74) is 2.70. The Kier molecular flexibility index (Phi) is 5.23. The van der Waals surface area contributed by atoms with E-state index in [9.17, 15) is 4.79 Å². The van der Waals surface area contributed by atoms with Gasteiger partial charge in [-0.05, 0) is 31.2 Å². The van der Waals surface area contributed by atoms with Gasteiger partial charge in [-0.1, -0.05) is 30.3 Å². The lowest BCUT2D eigenvalue weighted by molar-refractivity contribution is -0.116. The number of anilines is 1. The molecule has 1 heterocycles. The third kappa shape index (κ3) is 4.43. The van der Waals surface area contributed by atoms with E-state index >= 15 is 0 Å². The number of nitrogens with zero attached hydrogens (tertiary/aromatic N) is 1. The summed E-state index contributed by atoms with van der Waals surface area (Å²) in [6.45, 7) is 2.33. The molecule has 0 spiro atoms. The molecular formula is C19H18N2O2S. The highest BCUT2D eigenvalue weighted by atomic mass is 32.1. The minimum absolute atomic E-state index is 0.0717. The van der Waals surface area contributed by atoms with Crippen molar-refractivity contribution in [3.63, 3.8) is 0 Å². The van der Waals surface area contributed by atoms with E-state index in [2.05, 4.69) is 10.3 Å². The van der Waals surface area contributed by atoms with Gasteiger partial charge in [-0.2, -0.15) is 0 Å². The fourth-order valence-electron chi connectivity index (χ4n) is 2.25. The molecule has 3 aromatic rings. The maximum absolute atomic E-state index is 12.0. The second-order valence-corrected chi connectivity index (χ2v) is 6.35. The van der Waals surface area contributed by atoms with Gasteiger partial charge in [-0.3, -0.25) is 4.79 Å². The number of nitrogens with one attached hydrogen (secondary N) is 1. The Balaban J connectivity index is 1.54. The van der Waals surface area contributed by atoms with Gasteiger partial charge in [0.15, 0.2) is 0 Å². The van der Waals surface area contributed by atoms with Gasteiger partial charge in [-0.15, -0.1) is 11.3 Å². The minimum Gasteiger partial charge on any atom is -0.493 e. The molecule has 4 nitrogen and oxygen atoms in total. The van der Waals surface area contributed by atoms with E-state index in [1.54, 1.807) is 11.3 Å². The van der Waals surface area contributed by atoms with E-state index in [-0.39, 0.29) is 5.91 Å². The van der Waals surface area contributed by atoms with Crippen LogP contribution in [0.15, 0.2) is 60.0 Å². The van der Waals surface area contributed by atoms with Crippen LogP contribution in [-0.4, -0.2) is 17.5 Å². The number of ether oxygens (including phenoxy) is 1. The first-order valence-electron chi connectivity index (χ1n) is 7.71. The van der Waals surface area contributed by atoms with Gasteiger partial charge in [0.25, 0.3) is 0 Å². The molecule has 0 aliphatic heterocycles. The molecule has 0 unspecified atom stereocenters. The Labute approximate surface area is 145 Å². The van der Waals surface area contributed by atoms with Crippen molar-refractivity contribution in [2.24, 2.45) is 0 Å². The van der Waals surface area contributed by atoms with Gasteiger partial charge in [0.2, 0.25) is 5.91 Å². The quantitative estimate of drug-likeness (QED) is 0.718. The maximum atomic E-state index is 12.0. The van der Waals surface area contributed by atoms with Crippen molar-refractivity contribution in [3.05, 3.63) is 65.0 Å². The number of rotatable bonds is 6. The van der Waals surface area contributed by atoms with Gasteiger partial charge < -0.3 is 10.1 Å². The molecule has 0 saturated heterocycles. The van der Waals surface area contributed by atoms with Gasteiger partial charge in [0.05, 0.1) is 23.7 Å². The van der Waals surface area contributed by atoms with Crippen LogP contribution in [0.25, 0.3) is 11.3 Å². The van der Waals surface area contributed by atoms with Gasteiger partial charge in [0.1, 0.15) is 5.75 Å². The summed E-state index contributed by atoms with van der Waals surface area (Å²) in [4.78, 5) is 16.5. The SMILES string of the molecule is Cc1nc(-c2cccc(NC(=O)CCOc3ccccc3)c2)cs1. The van der Waals surface area contributed by atoms with Crippen LogP contribution >= 0.6 is 11.3 Å². The van der Waals surface area contributed by atoms with Crippen molar-refractivity contribution < 1.29 is 9.53 Å². The summed E-state index contributed by atoms with van der Waals surface area (Å²) in [7, 11) is 0. The van der Waals surface area contributed by atoms with Gasteiger partial charge >= 0.3 is 0 Å². The maximum Gasteiger partial charge on any atom is 0.227 e. The zero-order chi connectivity index (χ0) is 16.8. The number of carbonyl (C=O) groups is 1. The van der Waals surface area contributed by atoms with Crippen LogP contribution in [0.4, 0.5) is 5.69 Å². The normalized spacial score (nSPS) is 10.4. The Morgan fingerprint density at radius 2 is 2.00 bits per heavy atom. The highest BCUT2D eigenvalue weighted by molar-refractivity contribution is 7.09. The number of aryl methyl sites for hydroxylation is 1. The van der Waals surface area contributed by atoms with Crippen molar-refractivity contribution in [2.45, 2.75) is 13.3 Å². The van der Waals surface area contributed by atoms with E-state index in [0.29, 0.717) is 13.0 Å². The molecule has 122 valence electrons. The summed E-state index contributed by atoms with van der Waals surface area (Å²) < 4.78 is 5.54. The summed E-state index contributed by atoms with van der Waals surface area (Å²) >= 11 is 1.61. The number of para-hydroxylation sites is 1. The zero-order valence-electron chi connectivity index (χ0n) is 13.4. The number of amides is 1. The van der Waals surface area contributed by atoms with E-state index in [1.165, 1.54) is 0 Å². The smallest absolute Gasteiger partial charge is 0.227 e. The topological polar surface area (TPSA) is 51.2 Å². The van der Waals surface area contributed by atoms with Crippen LogP contribution in [0.2, 0.25) is 0 Å². The molecule has 1 N–H and O–H groups in total. The number of benzene rings is 2. The van der Waals surface area contributed by atoms with Crippen LogP contribution in [0.1, 0.15) is 11.4 Å². The number of carbonyl (C=O) groups excluding carboxylic acids is 1. The summed E-state index contributed by atoms with van der Waals surface area (Å²) in [6, 6.07) is 17.2. The van der Waals surface area contributed by atoms with Crippen molar-refractivity contribution in [1.29, 1.82) is 0 Å². The van der Waals surface area contributed by atoms with Crippen LogP contribution in [0.5, 0.6) is 5.75 Å². The summed E-state index contributed by atoms with van der Waals surface area (Å²) in [5.74, 6) is 0.698. The molecule has 0 saturated carbocycles. The molecular weight excluding hydrogens is 320 g/mol. The minimum atomic E-state index is -0.0717. The second kappa shape index (κ2) is 7.75. The molecule has 1 amide bonds. The molecule has 24 heavy (non-hydrogen) atoms. The van der Waals surface area contributed by atoms with E-state index in [4.69, 9.17) is 4.74 Å². The molecule has 0 radical (unpaired) electrons. The first-order chi connectivity index (χ1) is 11.7. The Hall–Kier alpha value is -2.66. The van der Waals surface area contributed by atoms with Crippen LogP contribution in [-0.2, 0) is 4.79 Å². The van der Waals surface area contributed by atoms with E-state index in [0.717, 1.165) is 27.7 Å². The number of hydrogen-bond acceptors (Lipinski definition) is 4. The molecule has 5 heteroatoms. The molecule has 0 fully saturated rings. The first-order valence-corrected chi connectivity index (χ1v) is 8.59. The third-order valence-electron chi connectivity index (χ3n) is 3.40. The highest BCUT2D eigenvalue weighted by Crippen LogP contribution is 2.24. The molecule has 1 aromatic heterocycles. The average molecular weight is 338 g/mol. The first kappa shape index (κ1) is 16.2. The molecule has 0 aliphatic rings. The van der Waals surface area contributed by atoms with Crippen LogP contribution in [0.3, 0.4) is 0 Å². The third-order valence-corrected chi connectivity index (χ3v) is 4.18. The lowest BCUT2D eigenvalue weighted by atomic mass is 10.1. The summed E-state index contributed by atoms with van der Waals surface area (Å²) in [6.07, 6.45) is 0.301. The molecule has 3 rings (SSSR count). The van der Waals surface area contributed by atoms with Crippen molar-refractivity contribution in [3.8, 4) is 17.0 Å². The molecule has 0 atom stereocenters. The lowest BCUT2D eigenvalue weighted by Gasteiger charge is -2.08. The highest BCUT2D eigenvalue weighted by Gasteiger charge is 2.06. The van der Waals surface area contributed by atoms with Crippen molar-refractivity contribution in [1.82, 2.24) is 4.98 Å². The van der Waals surface area contributed by atoms with Crippen LogP contribution in [0, 0.1) is 6.92 Å². The molecule has 0 bridgehead atoms. The van der Waals surface area contributed by atoms with Gasteiger partial charge in [-0.25, -0.2) is 4.98 Å². The molecule has 2 aromatic carbocycles. The largest absolute Gasteiger partial charge is 0.493 e. The van der Waals surface area contributed by atoms with Crippen molar-refractivity contribution in [2.75, 3.05) is 11.9 Å². The second-order valence-electron chi connectivity index (χ2n) is 5.29. The number of aromatic nitrogens is 1. The van der Waals surface area contributed by atoms with Crippen molar-refractivity contribution >= 4 is 22.9 Å². The van der Waals surface area contributed by atoms with E-state index < -0.39 is 0 Å². The predicted octanol–water partition coefficient (Wildman–Crippen LogP) is 4.53. The Morgan fingerprint density at radius 1 is 1.17 bits per heavy atom. The predicted molar refractivity (Wildman–Crippen MR) is 97.5 cm³/mol. The standard InChI is InChI=1S/C19H18N2O2S/c1-14-20-18(13-24-14)15-6-5-7-16(12-15)21-19(22)10-11-23-17-8-3-2-4-9-17/h2-9,12-13H,10-11H2,1H3,(H,21,22). The zero-order valence-corrected chi connectivity index (χ0v) is 14.2. The summed E-state index contributed by atoms with van der Waals surface area (Å²) in [5, 5.41) is 5.95. The fraction of sp³-hybridized carbons (Fsp3) is 0.158. The Morgan fingerprint density at radius 3 is 2.75 bits per heavy atom. The van der Waals surface area contributed by atoms with Gasteiger partial charge in [0, 0.05) is 16.6 Å². The lowest BCUT2D eigenvalue weighted by Crippen LogP contribution is -2.15. The fourth-order valence-corrected chi connectivity index (χ4v) is 2.88. The number of hydrogen-bond donors (Lipinski definition) is 1. The van der Waals surface area contributed by atoms with E-state index in [1.807, 2.05) is 66.9 Å². The molecule has 0 aliphatic carbocycles. The average Bonchev–Trinajstić information content (AvgIpc) is 3.03. The van der Waals surface area contributed by atoms with Crippen LogP contribution < -0.4 is 10.1 Å². The number of thiazole rings is 1. The Bertz CT molecular complexity index is 815.